The van der Waals surface area contributed by atoms with Gasteiger partial charge in [-0.05, 0) is 55.2 Å². The summed E-state index contributed by atoms with van der Waals surface area (Å²) in [5, 5.41) is 12.1. The van der Waals surface area contributed by atoms with E-state index in [1.165, 1.54) is 6.42 Å². The van der Waals surface area contributed by atoms with Crippen LogP contribution in [0.1, 0.15) is 44.1 Å². The van der Waals surface area contributed by atoms with Crippen molar-refractivity contribution in [2.24, 2.45) is 5.92 Å². The summed E-state index contributed by atoms with van der Waals surface area (Å²) in [4.78, 5) is 31.0. The largest absolute Gasteiger partial charge is 0.466 e. The molecule has 2 aromatic carbocycles. The van der Waals surface area contributed by atoms with Crippen LogP contribution in [-0.4, -0.2) is 35.2 Å². The lowest BCUT2D eigenvalue weighted by atomic mass is 9.71. The number of nitrogens with zero attached hydrogens (tertiary/aromatic N) is 2. The highest BCUT2D eigenvalue weighted by atomic mass is 16.5. The molecule has 0 saturated heterocycles. The van der Waals surface area contributed by atoms with Gasteiger partial charge in [0, 0.05) is 17.7 Å². The van der Waals surface area contributed by atoms with E-state index in [9.17, 15) is 14.7 Å². The summed E-state index contributed by atoms with van der Waals surface area (Å²) in [6.07, 6.45) is 5.12. The second kappa shape index (κ2) is 8.97. The van der Waals surface area contributed by atoms with Crippen LogP contribution >= 0.6 is 0 Å². The van der Waals surface area contributed by atoms with Crippen LogP contribution < -0.4 is 15.0 Å². The number of anilines is 1. The highest BCUT2D eigenvalue weighted by molar-refractivity contribution is 5.99. The molecule has 2 fully saturated rings. The van der Waals surface area contributed by atoms with Gasteiger partial charge >= 0.3 is 6.09 Å². The van der Waals surface area contributed by atoms with Gasteiger partial charge in [-0.2, -0.15) is 0 Å². The van der Waals surface area contributed by atoms with Gasteiger partial charge in [-0.3, -0.25) is 4.79 Å². The van der Waals surface area contributed by atoms with Gasteiger partial charge in [0.1, 0.15) is 5.69 Å². The van der Waals surface area contributed by atoms with E-state index in [-0.39, 0.29) is 12.5 Å². The molecule has 7 heteroatoms. The molecule has 36 heavy (non-hydrogen) atoms. The Labute approximate surface area is 210 Å². The number of fused-ring (bicyclic) bond motifs is 1. The van der Waals surface area contributed by atoms with Crippen molar-refractivity contribution in [2.75, 3.05) is 18.1 Å². The maximum atomic E-state index is 12.8. The van der Waals surface area contributed by atoms with E-state index < -0.39 is 11.6 Å². The number of pyridine rings is 1. The molecule has 0 unspecified atom stereocenters. The lowest BCUT2D eigenvalue weighted by Gasteiger charge is -2.42. The van der Waals surface area contributed by atoms with Crippen molar-refractivity contribution in [1.82, 2.24) is 10.3 Å². The zero-order chi connectivity index (χ0) is 24.7. The number of hydrogen-bond donors (Lipinski definition) is 2. The van der Waals surface area contributed by atoms with Gasteiger partial charge in [-0.15, -0.1) is 0 Å². The molecule has 3 aromatic rings. The van der Waals surface area contributed by atoms with E-state index in [0.29, 0.717) is 18.3 Å². The maximum absolute atomic E-state index is 12.8. The summed E-state index contributed by atoms with van der Waals surface area (Å²) in [5.41, 5.74) is 4.82. The number of benzene rings is 2. The van der Waals surface area contributed by atoms with Crippen molar-refractivity contribution in [3.63, 3.8) is 0 Å². The standard InChI is InChI=1S/C29H29N3O4/c33-25-18-36-27-24(32(25)17-19-6-4-7-19)16-23(20-8-2-1-3-9-20)26(30-27)21-10-12-22(13-11-21)29(14-5-15-29)31-28(34)35/h1-3,8-13,16,19,31H,4-7,14-15,17-18H2,(H,34,35). The first-order chi connectivity index (χ1) is 17.5. The molecule has 0 spiro atoms. The van der Waals surface area contributed by atoms with Crippen molar-refractivity contribution in [3.8, 4) is 28.3 Å². The zero-order valence-electron chi connectivity index (χ0n) is 20.1. The van der Waals surface area contributed by atoms with Crippen LogP contribution in [0, 0.1) is 5.92 Å². The molecule has 2 heterocycles. The third kappa shape index (κ3) is 3.98. The molecule has 0 atom stereocenters. The van der Waals surface area contributed by atoms with Crippen LogP contribution in [0.15, 0.2) is 60.7 Å². The molecule has 2 N–H and O–H groups in total. The van der Waals surface area contributed by atoms with Crippen LogP contribution in [0.3, 0.4) is 0 Å². The third-order valence-electron chi connectivity index (χ3n) is 7.91. The Morgan fingerprint density at radius 1 is 1.06 bits per heavy atom. The number of carboxylic acid groups (broad SMARTS) is 1. The van der Waals surface area contributed by atoms with Crippen LogP contribution in [0.4, 0.5) is 10.5 Å². The maximum Gasteiger partial charge on any atom is 0.405 e. The summed E-state index contributed by atoms with van der Waals surface area (Å²) in [6.45, 7) is 0.705. The van der Waals surface area contributed by atoms with Crippen LogP contribution in [0.2, 0.25) is 0 Å². The number of carbonyl (C=O) groups is 2. The number of rotatable bonds is 6. The number of ether oxygens (including phenoxy) is 1. The van der Waals surface area contributed by atoms with Gasteiger partial charge in [-0.25, -0.2) is 9.78 Å². The Kier molecular flexibility index (Phi) is 5.63. The molecule has 7 nitrogen and oxygen atoms in total. The molecule has 0 radical (unpaired) electrons. The van der Waals surface area contributed by atoms with Crippen LogP contribution in [0.25, 0.3) is 22.4 Å². The quantitative estimate of drug-likeness (QED) is 0.477. The van der Waals surface area contributed by atoms with Gasteiger partial charge in [0.15, 0.2) is 6.61 Å². The fourth-order valence-corrected chi connectivity index (χ4v) is 5.49. The fourth-order valence-electron chi connectivity index (χ4n) is 5.49. The van der Waals surface area contributed by atoms with Crippen molar-refractivity contribution >= 4 is 17.7 Å². The molecule has 6 rings (SSSR count). The van der Waals surface area contributed by atoms with Crippen molar-refractivity contribution in [1.29, 1.82) is 0 Å². The molecule has 3 aliphatic rings. The minimum absolute atomic E-state index is 0.000834. The topological polar surface area (TPSA) is 91.8 Å². The van der Waals surface area contributed by atoms with Gasteiger partial charge in [0.25, 0.3) is 5.91 Å². The van der Waals surface area contributed by atoms with Gasteiger partial charge in [-0.1, -0.05) is 61.0 Å². The van der Waals surface area contributed by atoms with E-state index in [0.717, 1.165) is 65.7 Å². The second-order valence-electron chi connectivity index (χ2n) is 10.1. The summed E-state index contributed by atoms with van der Waals surface area (Å²) in [5.74, 6) is 0.991. The normalized spacial score (nSPS) is 18.4. The Balaban J connectivity index is 1.42. The molecule has 0 bridgehead atoms. The molecular formula is C29H29N3O4. The SMILES string of the molecule is O=C(O)NC1(c2ccc(-c3nc4c(cc3-c3ccccc3)N(CC3CCC3)C(=O)CO4)cc2)CCC1. The Hall–Kier alpha value is -3.87. The summed E-state index contributed by atoms with van der Waals surface area (Å²) in [6, 6.07) is 20.1. The number of aromatic nitrogens is 1. The van der Waals surface area contributed by atoms with Crippen molar-refractivity contribution < 1.29 is 19.4 Å². The van der Waals surface area contributed by atoms with Gasteiger partial charge in [0.05, 0.1) is 11.2 Å². The van der Waals surface area contributed by atoms with E-state index in [1.54, 1.807) is 0 Å². The van der Waals surface area contributed by atoms with Crippen LogP contribution in [0.5, 0.6) is 5.88 Å². The highest BCUT2D eigenvalue weighted by Crippen LogP contribution is 2.44. The lowest BCUT2D eigenvalue weighted by Crippen LogP contribution is -2.50. The van der Waals surface area contributed by atoms with Crippen LogP contribution in [-0.2, 0) is 10.3 Å². The second-order valence-corrected chi connectivity index (χ2v) is 10.1. The fraction of sp³-hybridized carbons (Fsp3) is 0.345. The minimum atomic E-state index is -1.00. The molecule has 2 saturated carbocycles. The number of carbonyl (C=O) groups excluding carboxylic acids is 1. The van der Waals surface area contributed by atoms with E-state index in [4.69, 9.17) is 9.72 Å². The number of nitrogens with one attached hydrogen (secondary N) is 1. The first kappa shape index (κ1) is 22.6. The number of amides is 2. The Morgan fingerprint density at radius 2 is 1.81 bits per heavy atom. The molecule has 2 amide bonds. The summed E-state index contributed by atoms with van der Waals surface area (Å²) < 4.78 is 5.82. The molecule has 184 valence electrons. The van der Waals surface area contributed by atoms with E-state index in [1.807, 2.05) is 65.6 Å². The lowest BCUT2D eigenvalue weighted by molar-refractivity contribution is -0.121. The Bertz CT molecular complexity index is 1300. The predicted molar refractivity (Wildman–Crippen MR) is 137 cm³/mol. The first-order valence-corrected chi connectivity index (χ1v) is 12.7. The Morgan fingerprint density at radius 3 is 2.42 bits per heavy atom. The zero-order valence-corrected chi connectivity index (χ0v) is 20.1. The molecule has 1 aliphatic heterocycles. The number of hydrogen-bond acceptors (Lipinski definition) is 4. The van der Waals surface area contributed by atoms with E-state index >= 15 is 0 Å². The van der Waals surface area contributed by atoms with Crippen molar-refractivity contribution in [3.05, 3.63) is 66.2 Å². The highest BCUT2D eigenvalue weighted by Gasteiger charge is 2.40. The molecular weight excluding hydrogens is 454 g/mol. The molecule has 1 aromatic heterocycles. The molecule has 2 aliphatic carbocycles. The summed E-state index contributed by atoms with van der Waals surface area (Å²) in [7, 11) is 0. The van der Waals surface area contributed by atoms with Gasteiger partial charge < -0.3 is 20.1 Å². The van der Waals surface area contributed by atoms with Gasteiger partial charge in [0.2, 0.25) is 5.88 Å². The monoisotopic (exact) mass is 483 g/mol. The summed E-state index contributed by atoms with van der Waals surface area (Å²) >= 11 is 0. The van der Waals surface area contributed by atoms with Crippen molar-refractivity contribution in [2.45, 2.75) is 44.1 Å². The average Bonchev–Trinajstić information content (AvgIpc) is 2.84. The minimum Gasteiger partial charge on any atom is -0.466 e. The van der Waals surface area contributed by atoms with E-state index in [2.05, 4.69) is 5.32 Å². The smallest absolute Gasteiger partial charge is 0.405 e. The third-order valence-corrected chi connectivity index (χ3v) is 7.91. The average molecular weight is 484 g/mol. The first-order valence-electron chi connectivity index (χ1n) is 12.7. The predicted octanol–water partition coefficient (Wildman–Crippen LogP) is 5.59.